The lowest BCUT2D eigenvalue weighted by Crippen LogP contribution is -2.50. The molecule has 1 fully saturated rings. The quantitative estimate of drug-likeness (QED) is 0.861. The number of hydrogen-bond donors (Lipinski definition) is 1. The Labute approximate surface area is 153 Å². The van der Waals surface area contributed by atoms with Gasteiger partial charge in [0.1, 0.15) is 11.6 Å². The fraction of sp³-hybridized carbons (Fsp3) is 0.450. The van der Waals surface area contributed by atoms with Gasteiger partial charge < -0.3 is 14.6 Å². The molecule has 0 aliphatic carbocycles. The molecule has 140 valence electrons. The topological polar surface area (TPSA) is 48.7 Å². The van der Waals surface area contributed by atoms with Crippen LogP contribution in [0.2, 0.25) is 0 Å². The van der Waals surface area contributed by atoms with E-state index in [1.165, 1.54) is 6.07 Å². The van der Waals surface area contributed by atoms with Gasteiger partial charge in [-0.1, -0.05) is 26.0 Å². The molecule has 0 bridgehead atoms. The van der Waals surface area contributed by atoms with Gasteiger partial charge in [0, 0.05) is 38.6 Å². The average molecular weight is 359 g/mol. The molecule has 1 amide bonds. The Morgan fingerprint density at radius 2 is 1.88 bits per heavy atom. The van der Waals surface area contributed by atoms with Crippen LogP contribution in [0, 0.1) is 11.7 Å². The zero-order chi connectivity index (χ0) is 18.5. The molecule has 1 aromatic heterocycles. The van der Waals surface area contributed by atoms with Crippen molar-refractivity contribution in [3.05, 3.63) is 54.2 Å². The van der Waals surface area contributed by atoms with Crippen LogP contribution in [0.3, 0.4) is 0 Å². The van der Waals surface area contributed by atoms with Crippen LogP contribution in [0.15, 0.2) is 47.1 Å². The second-order valence-corrected chi connectivity index (χ2v) is 6.91. The third-order valence-electron chi connectivity index (χ3n) is 4.81. The van der Waals surface area contributed by atoms with Gasteiger partial charge in [-0.3, -0.25) is 9.69 Å². The maximum Gasteiger partial charge on any atom is 0.222 e. The summed E-state index contributed by atoms with van der Waals surface area (Å²) in [5.41, 5.74) is 0.648. The van der Waals surface area contributed by atoms with Crippen molar-refractivity contribution >= 4 is 11.6 Å². The highest BCUT2D eigenvalue weighted by molar-refractivity contribution is 5.77. The number of amides is 1. The van der Waals surface area contributed by atoms with Crippen LogP contribution in [-0.2, 0) is 4.79 Å². The van der Waals surface area contributed by atoms with Crippen molar-refractivity contribution < 1.29 is 13.6 Å². The summed E-state index contributed by atoms with van der Waals surface area (Å²) in [7, 11) is 0. The van der Waals surface area contributed by atoms with Crippen LogP contribution in [0.4, 0.5) is 10.1 Å². The summed E-state index contributed by atoms with van der Waals surface area (Å²) < 4.78 is 19.6. The van der Waals surface area contributed by atoms with E-state index in [0.717, 1.165) is 31.9 Å². The average Bonchev–Trinajstić information content (AvgIpc) is 3.17. The molecule has 1 aliphatic heterocycles. The maximum atomic E-state index is 14.0. The third-order valence-corrected chi connectivity index (χ3v) is 4.81. The molecule has 0 radical (unpaired) electrons. The standard InChI is InChI=1S/C20H26FN3O2/c1-15(2)20(25)22-14-18(19-8-5-13-26-19)24-11-9-23(10-12-24)17-7-4-3-6-16(17)21/h3-8,13,15,18H,9-12,14H2,1-2H3,(H,22,25)/t18-/m0/s1. The van der Waals surface area contributed by atoms with Gasteiger partial charge in [-0.15, -0.1) is 0 Å². The van der Waals surface area contributed by atoms with Gasteiger partial charge in [0.05, 0.1) is 18.0 Å². The van der Waals surface area contributed by atoms with E-state index in [2.05, 4.69) is 15.1 Å². The first-order valence-electron chi connectivity index (χ1n) is 9.11. The molecule has 1 N–H and O–H groups in total. The maximum absolute atomic E-state index is 14.0. The molecule has 1 saturated heterocycles. The molecular weight excluding hydrogens is 333 g/mol. The normalized spacial score (nSPS) is 16.7. The Balaban J connectivity index is 1.65. The predicted molar refractivity (Wildman–Crippen MR) is 99.5 cm³/mol. The summed E-state index contributed by atoms with van der Waals surface area (Å²) in [4.78, 5) is 16.3. The SMILES string of the molecule is CC(C)C(=O)NC[C@@H](c1ccco1)N1CCN(c2ccccc2F)CC1. The molecule has 5 nitrogen and oxygen atoms in total. The molecule has 3 rings (SSSR count). The first-order chi connectivity index (χ1) is 12.6. The predicted octanol–water partition coefficient (Wildman–Crippen LogP) is 3.05. The largest absolute Gasteiger partial charge is 0.468 e. The number of hydrogen-bond acceptors (Lipinski definition) is 4. The van der Waals surface area contributed by atoms with E-state index in [-0.39, 0.29) is 23.7 Å². The van der Waals surface area contributed by atoms with Crippen LogP contribution in [0.1, 0.15) is 25.6 Å². The van der Waals surface area contributed by atoms with Gasteiger partial charge in [0.15, 0.2) is 0 Å². The lowest BCUT2D eigenvalue weighted by atomic mass is 10.1. The minimum Gasteiger partial charge on any atom is -0.468 e. The van der Waals surface area contributed by atoms with Crippen LogP contribution < -0.4 is 10.2 Å². The monoisotopic (exact) mass is 359 g/mol. The Bertz CT molecular complexity index is 710. The molecule has 6 heteroatoms. The highest BCUT2D eigenvalue weighted by Gasteiger charge is 2.28. The smallest absolute Gasteiger partial charge is 0.222 e. The lowest BCUT2D eigenvalue weighted by molar-refractivity contribution is -0.124. The molecule has 0 unspecified atom stereocenters. The summed E-state index contributed by atoms with van der Waals surface area (Å²) in [6.45, 7) is 7.28. The molecule has 0 spiro atoms. The van der Waals surface area contributed by atoms with Gasteiger partial charge in [-0.2, -0.15) is 0 Å². The van der Waals surface area contributed by atoms with E-state index in [0.29, 0.717) is 12.2 Å². The third kappa shape index (κ3) is 4.25. The number of carbonyl (C=O) groups excluding carboxylic acids is 1. The first kappa shape index (κ1) is 18.5. The van der Waals surface area contributed by atoms with Gasteiger partial charge in [0.2, 0.25) is 5.91 Å². The number of benzene rings is 1. The van der Waals surface area contributed by atoms with Crippen molar-refractivity contribution in [3.63, 3.8) is 0 Å². The zero-order valence-electron chi connectivity index (χ0n) is 15.3. The summed E-state index contributed by atoms with van der Waals surface area (Å²) in [5, 5.41) is 3.01. The Hall–Kier alpha value is -2.34. The van der Waals surface area contributed by atoms with Crippen LogP contribution in [0.5, 0.6) is 0 Å². The number of anilines is 1. The minimum absolute atomic E-state index is 0.0181. The summed E-state index contributed by atoms with van der Waals surface area (Å²) in [5.74, 6) is 0.637. The number of furan rings is 1. The summed E-state index contributed by atoms with van der Waals surface area (Å²) in [6.07, 6.45) is 1.65. The Morgan fingerprint density at radius 3 is 2.50 bits per heavy atom. The fourth-order valence-corrected chi connectivity index (χ4v) is 3.27. The Morgan fingerprint density at radius 1 is 1.15 bits per heavy atom. The van der Waals surface area contributed by atoms with Gasteiger partial charge >= 0.3 is 0 Å². The molecule has 1 atom stereocenters. The summed E-state index contributed by atoms with van der Waals surface area (Å²) >= 11 is 0. The molecule has 2 aromatic rings. The number of nitrogens with zero attached hydrogens (tertiary/aromatic N) is 2. The van der Waals surface area contributed by atoms with E-state index in [1.807, 2.05) is 38.1 Å². The van der Waals surface area contributed by atoms with E-state index >= 15 is 0 Å². The molecule has 2 heterocycles. The number of rotatable bonds is 6. The van der Waals surface area contributed by atoms with Crippen LogP contribution in [-0.4, -0.2) is 43.5 Å². The fourth-order valence-electron chi connectivity index (χ4n) is 3.27. The number of halogens is 1. The minimum atomic E-state index is -0.187. The Kier molecular flexibility index (Phi) is 5.93. The van der Waals surface area contributed by atoms with E-state index in [4.69, 9.17) is 4.42 Å². The van der Waals surface area contributed by atoms with Crippen molar-refractivity contribution in [3.8, 4) is 0 Å². The van der Waals surface area contributed by atoms with Crippen molar-refractivity contribution in [1.82, 2.24) is 10.2 Å². The van der Waals surface area contributed by atoms with Crippen LogP contribution in [0.25, 0.3) is 0 Å². The van der Waals surface area contributed by atoms with Crippen molar-refractivity contribution in [2.24, 2.45) is 5.92 Å². The first-order valence-corrected chi connectivity index (χ1v) is 9.11. The van der Waals surface area contributed by atoms with Gasteiger partial charge in [0.25, 0.3) is 0 Å². The zero-order valence-corrected chi connectivity index (χ0v) is 15.3. The lowest BCUT2D eigenvalue weighted by Gasteiger charge is -2.39. The van der Waals surface area contributed by atoms with Crippen molar-refractivity contribution in [2.75, 3.05) is 37.6 Å². The van der Waals surface area contributed by atoms with Crippen molar-refractivity contribution in [1.29, 1.82) is 0 Å². The molecular formula is C20H26FN3O2. The summed E-state index contributed by atoms with van der Waals surface area (Å²) in [6, 6.07) is 10.7. The number of nitrogens with one attached hydrogen (secondary N) is 1. The second kappa shape index (κ2) is 8.36. The molecule has 26 heavy (non-hydrogen) atoms. The van der Waals surface area contributed by atoms with Gasteiger partial charge in [-0.25, -0.2) is 4.39 Å². The molecule has 0 saturated carbocycles. The van der Waals surface area contributed by atoms with E-state index in [9.17, 15) is 9.18 Å². The van der Waals surface area contributed by atoms with Gasteiger partial charge in [-0.05, 0) is 24.3 Å². The van der Waals surface area contributed by atoms with E-state index < -0.39 is 0 Å². The van der Waals surface area contributed by atoms with Crippen molar-refractivity contribution in [2.45, 2.75) is 19.9 Å². The second-order valence-electron chi connectivity index (χ2n) is 6.91. The highest BCUT2D eigenvalue weighted by atomic mass is 19.1. The van der Waals surface area contributed by atoms with Crippen LogP contribution >= 0.6 is 0 Å². The number of para-hydroxylation sites is 1. The van der Waals surface area contributed by atoms with E-state index in [1.54, 1.807) is 12.3 Å². The highest BCUT2D eigenvalue weighted by Crippen LogP contribution is 2.25. The molecule has 1 aromatic carbocycles. The number of piperazine rings is 1. The molecule has 1 aliphatic rings. The number of carbonyl (C=O) groups is 1.